The van der Waals surface area contributed by atoms with Gasteiger partial charge in [-0.2, -0.15) is 9.97 Å². The van der Waals surface area contributed by atoms with Crippen LogP contribution < -0.4 is 10.5 Å². The summed E-state index contributed by atoms with van der Waals surface area (Å²) in [5.41, 5.74) is 10.1. The highest BCUT2D eigenvalue weighted by Gasteiger charge is 2.34. The first-order chi connectivity index (χ1) is 8.64. The third-order valence-electron chi connectivity index (χ3n) is 3.90. The monoisotopic (exact) mass is 246 g/mol. The summed E-state index contributed by atoms with van der Waals surface area (Å²) < 4.78 is 5.15. The lowest BCUT2D eigenvalue weighted by Crippen LogP contribution is -2.32. The van der Waals surface area contributed by atoms with E-state index in [1.165, 1.54) is 12.8 Å². The topological polar surface area (TPSA) is 76.8 Å². The van der Waals surface area contributed by atoms with Gasteiger partial charge in [0, 0.05) is 17.3 Å². The van der Waals surface area contributed by atoms with Gasteiger partial charge in [-0.25, -0.2) is 0 Å². The number of nitrogens with one attached hydrogen (secondary N) is 1. The highest BCUT2D eigenvalue weighted by Crippen LogP contribution is 2.39. The first-order valence-electron chi connectivity index (χ1n) is 6.33. The zero-order valence-electron chi connectivity index (χ0n) is 10.8. The van der Waals surface area contributed by atoms with Crippen molar-refractivity contribution >= 4 is 11.0 Å². The molecule has 3 rings (SSSR count). The number of aromatic amines is 1. The average molecular weight is 246 g/mol. The van der Waals surface area contributed by atoms with Crippen LogP contribution in [0.5, 0.6) is 6.01 Å². The van der Waals surface area contributed by atoms with Gasteiger partial charge in [0.15, 0.2) is 0 Å². The van der Waals surface area contributed by atoms with Gasteiger partial charge in [0.25, 0.3) is 0 Å². The summed E-state index contributed by atoms with van der Waals surface area (Å²) in [6.45, 7) is 1.95. The Morgan fingerprint density at radius 3 is 2.72 bits per heavy atom. The maximum Gasteiger partial charge on any atom is 0.317 e. The molecular formula is C13H18N4O. The van der Waals surface area contributed by atoms with Crippen molar-refractivity contribution in [1.82, 2.24) is 15.0 Å². The fraction of sp³-hybridized carbons (Fsp3) is 0.538. The highest BCUT2D eigenvalue weighted by atomic mass is 16.5. The molecule has 1 saturated carbocycles. The predicted molar refractivity (Wildman–Crippen MR) is 69.5 cm³/mol. The predicted octanol–water partition coefficient (Wildman–Crippen LogP) is 2.00. The van der Waals surface area contributed by atoms with Crippen LogP contribution in [-0.4, -0.2) is 22.1 Å². The molecule has 5 nitrogen and oxygen atoms in total. The smallest absolute Gasteiger partial charge is 0.317 e. The molecule has 0 unspecified atom stereocenters. The van der Waals surface area contributed by atoms with Gasteiger partial charge in [-0.15, -0.1) is 0 Å². The molecule has 1 aliphatic rings. The summed E-state index contributed by atoms with van der Waals surface area (Å²) in [7, 11) is 1.58. The van der Waals surface area contributed by atoms with Gasteiger partial charge in [0.1, 0.15) is 5.52 Å². The lowest BCUT2D eigenvalue weighted by Gasteiger charge is -2.22. The fourth-order valence-electron chi connectivity index (χ4n) is 2.87. The third kappa shape index (κ3) is 1.58. The van der Waals surface area contributed by atoms with Crippen LogP contribution in [0.1, 0.15) is 36.9 Å². The molecule has 2 aromatic heterocycles. The standard InChI is InChI=1S/C13H18N4O/c1-8-10-11(17-12(16-8)18-2)9(7-15-10)13(14)5-3-4-6-13/h7,15H,3-6,14H2,1-2H3. The number of hydrogen-bond acceptors (Lipinski definition) is 4. The molecule has 3 N–H and O–H groups in total. The second-order valence-electron chi connectivity index (χ2n) is 5.08. The van der Waals surface area contributed by atoms with Gasteiger partial charge in [0.2, 0.25) is 0 Å². The van der Waals surface area contributed by atoms with E-state index in [2.05, 4.69) is 15.0 Å². The Bertz CT molecular complexity index is 584. The van der Waals surface area contributed by atoms with Crippen LogP contribution in [0.4, 0.5) is 0 Å². The zero-order chi connectivity index (χ0) is 12.8. The molecule has 0 atom stereocenters. The summed E-state index contributed by atoms with van der Waals surface area (Å²) in [4.78, 5) is 12.0. The molecular weight excluding hydrogens is 228 g/mol. The van der Waals surface area contributed by atoms with Crippen molar-refractivity contribution in [2.45, 2.75) is 38.1 Å². The number of fused-ring (bicyclic) bond motifs is 1. The fourth-order valence-corrected chi connectivity index (χ4v) is 2.87. The summed E-state index contributed by atoms with van der Waals surface area (Å²) in [6, 6.07) is 0.405. The van der Waals surface area contributed by atoms with Crippen LogP contribution >= 0.6 is 0 Å². The number of nitrogens with two attached hydrogens (primary N) is 1. The van der Waals surface area contributed by atoms with Crippen LogP contribution in [-0.2, 0) is 5.54 Å². The van der Waals surface area contributed by atoms with Crippen molar-refractivity contribution in [3.05, 3.63) is 17.5 Å². The molecule has 0 radical (unpaired) electrons. The maximum absolute atomic E-state index is 6.51. The third-order valence-corrected chi connectivity index (χ3v) is 3.90. The van der Waals surface area contributed by atoms with Crippen molar-refractivity contribution in [3.8, 4) is 6.01 Å². The van der Waals surface area contributed by atoms with Crippen molar-refractivity contribution in [2.24, 2.45) is 5.73 Å². The minimum atomic E-state index is -0.246. The van der Waals surface area contributed by atoms with Gasteiger partial charge in [-0.05, 0) is 19.8 Å². The molecule has 1 aliphatic carbocycles. The number of hydrogen-bond donors (Lipinski definition) is 2. The summed E-state index contributed by atoms with van der Waals surface area (Å²) >= 11 is 0. The molecule has 0 aliphatic heterocycles. The number of ether oxygens (including phenoxy) is 1. The summed E-state index contributed by atoms with van der Waals surface area (Å²) in [6.07, 6.45) is 6.39. The molecule has 1 fully saturated rings. The molecule has 96 valence electrons. The van der Waals surface area contributed by atoms with Crippen LogP contribution in [0.3, 0.4) is 0 Å². The van der Waals surface area contributed by atoms with E-state index in [4.69, 9.17) is 10.5 Å². The summed E-state index contributed by atoms with van der Waals surface area (Å²) in [5.74, 6) is 0. The van der Waals surface area contributed by atoms with Crippen molar-refractivity contribution in [3.63, 3.8) is 0 Å². The molecule has 0 spiro atoms. The molecule has 0 amide bonds. The first kappa shape index (κ1) is 11.5. The van der Waals surface area contributed by atoms with E-state index in [0.717, 1.165) is 35.1 Å². The molecule has 2 heterocycles. The van der Waals surface area contributed by atoms with Gasteiger partial charge in [-0.1, -0.05) is 12.8 Å². The average Bonchev–Trinajstić information content (AvgIpc) is 2.96. The van der Waals surface area contributed by atoms with E-state index in [1.807, 2.05) is 13.1 Å². The number of methoxy groups -OCH3 is 1. The Labute approximate surface area is 106 Å². The lowest BCUT2D eigenvalue weighted by atomic mass is 9.91. The molecule has 18 heavy (non-hydrogen) atoms. The minimum absolute atomic E-state index is 0.246. The largest absolute Gasteiger partial charge is 0.467 e. The molecule has 0 aromatic carbocycles. The van der Waals surface area contributed by atoms with Crippen LogP contribution in [0.2, 0.25) is 0 Å². The number of rotatable bonds is 2. The van der Waals surface area contributed by atoms with Gasteiger partial charge >= 0.3 is 6.01 Å². The van der Waals surface area contributed by atoms with E-state index in [-0.39, 0.29) is 5.54 Å². The Morgan fingerprint density at radius 1 is 1.33 bits per heavy atom. The summed E-state index contributed by atoms with van der Waals surface area (Å²) in [5, 5.41) is 0. The van der Waals surface area contributed by atoms with E-state index in [1.54, 1.807) is 7.11 Å². The van der Waals surface area contributed by atoms with Crippen LogP contribution in [0.25, 0.3) is 11.0 Å². The van der Waals surface area contributed by atoms with Crippen molar-refractivity contribution in [1.29, 1.82) is 0 Å². The van der Waals surface area contributed by atoms with E-state index in [9.17, 15) is 0 Å². The van der Waals surface area contributed by atoms with Gasteiger partial charge in [-0.3, -0.25) is 0 Å². The highest BCUT2D eigenvalue weighted by molar-refractivity contribution is 5.82. The number of aryl methyl sites for hydroxylation is 1. The Hall–Kier alpha value is -1.62. The van der Waals surface area contributed by atoms with Gasteiger partial charge in [0.05, 0.1) is 18.3 Å². The second kappa shape index (κ2) is 3.95. The first-order valence-corrected chi connectivity index (χ1v) is 6.33. The molecule has 0 saturated heterocycles. The van der Waals surface area contributed by atoms with Gasteiger partial charge < -0.3 is 15.5 Å². The SMILES string of the molecule is COc1nc(C)c2[nH]cc(C3(N)CCCC3)c2n1. The van der Waals surface area contributed by atoms with Crippen LogP contribution in [0, 0.1) is 6.92 Å². The molecule has 0 bridgehead atoms. The van der Waals surface area contributed by atoms with E-state index >= 15 is 0 Å². The van der Waals surface area contributed by atoms with Crippen molar-refractivity contribution in [2.75, 3.05) is 7.11 Å². The quantitative estimate of drug-likeness (QED) is 0.849. The molecule has 2 aromatic rings. The normalized spacial score (nSPS) is 18.4. The van der Waals surface area contributed by atoms with Crippen molar-refractivity contribution < 1.29 is 4.74 Å². The Kier molecular flexibility index (Phi) is 2.52. The van der Waals surface area contributed by atoms with E-state index < -0.39 is 0 Å². The minimum Gasteiger partial charge on any atom is -0.467 e. The zero-order valence-corrected chi connectivity index (χ0v) is 10.8. The molecule has 5 heteroatoms. The number of H-pyrrole nitrogens is 1. The lowest BCUT2D eigenvalue weighted by molar-refractivity contribution is 0.380. The van der Waals surface area contributed by atoms with Crippen LogP contribution in [0.15, 0.2) is 6.20 Å². The number of nitrogens with zero attached hydrogens (tertiary/aromatic N) is 2. The number of aromatic nitrogens is 3. The Morgan fingerprint density at radius 2 is 2.06 bits per heavy atom. The Balaban J connectivity index is 2.21. The van der Waals surface area contributed by atoms with E-state index in [0.29, 0.717) is 6.01 Å². The maximum atomic E-state index is 6.51. The second-order valence-corrected chi connectivity index (χ2v) is 5.08.